The number of hydrogen-bond donors (Lipinski definition) is 1. The molecule has 0 unspecified atom stereocenters. The van der Waals surface area contributed by atoms with Crippen LogP contribution in [0.15, 0.2) is 37.8 Å². The molecule has 0 spiro atoms. The molecule has 2 rings (SSSR count). The number of rotatable bonds is 3. The van der Waals surface area contributed by atoms with E-state index in [0.717, 1.165) is 24.8 Å². The molecule has 1 N–H and O–H groups in total. The Morgan fingerprint density at radius 3 is 2.42 bits per heavy atom. The Labute approximate surface area is 138 Å². The molecule has 0 aliphatic carbocycles. The fourth-order valence-corrected chi connectivity index (χ4v) is 3.83. The van der Waals surface area contributed by atoms with E-state index in [1.165, 1.54) is 11.1 Å². The van der Waals surface area contributed by atoms with Crippen molar-refractivity contribution in [3.05, 3.63) is 54.6 Å². The van der Waals surface area contributed by atoms with Gasteiger partial charge in [-0.3, -0.25) is 4.98 Å². The van der Waals surface area contributed by atoms with E-state index in [1.54, 1.807) is 6.20 Å². The van der Waals surface area contributed by atoms with Gasteiger partial charge in [0.2, 0.25) is 0 Å². The van der Waals surface area contributed by atoms with Crippen molar-refractivity contribution in [2.75, 3.05) is 5.32 Å². The first kappa shape index (κ1) is 15.0. The van der Waals surface area contributed by atoms with Gasteiger partial charge in [-0.1, -0.05) is 6.07 Å². The number of aryl methyl sites for hydroxylation is 2. The molecule has 0 fully saturated rings. The molecular formula is C14H13Br3N2. The maximum atomic E-state index is 4.40. The normalized spacial score (nSPS) is 10.6. The summed E-state index contributed by atoms with van der Waals surface area (Å²) >= 11 is 10.5. The first-order chi connectivity index (χ1) is 8.97. The van der Waals surface area contributed by atoms with Crippen molar-refractivity contribution in [1.82, 2.24) is 4.98 Å². The van der Waals surface area contributed by atoms with E-state index < -0.39 is 0 Å². The molecule has 2 aromatic rings. The maximum absolute atomic E-state index is 4.40. The molecule has 0 radical (unpaired) electrons. The highest BCUT2D eigenvalue weighted by molar-refractivity contribution is 9.11. The number of nitrogens with zero attached hydrogens (tertiary/aromatic N) is 1. The predicted molar refractivity (Wildman–Crippen MR) is 90.6 cm³/mol. The van der Waals surface area contributed by atoms with Gasteiger partial charge in [0.15, 0.2) is 0 Å². The van der Waals surface area contributed by atoms with Gasteiger partial charge < -0.3 is 5.32 Å². The van der Waals surface area contributed by atoms with Crippen molar-refractivity contribution in [3.8, 4) is 0 Å². The Kier molecular flexibility index (Phi) is 5.03. The largest absolute Gasteiger partial charge is 0.378 e. The number of aromatic nitrogens is 1. The molecular weight excluding hydrogens is 436 g/mol. The zero-order valence-electron chi connectivity index (χ0n) is 10.6. The molecule has 19 heavy (non-hydrogen) atoms. The van der Waals surface area contributed by atoms with Gasteiger partial charge in [0.1, 0.15) is 0 Å². The molecule has 0 amide bonds. The minimum atomic E-state index is 0.677. The fourth-order valence-electron chi connectivity index (χ4n) is 1.88. The highest BCUT2D eigenvalue weighted by Gasteiger charge is 2.07. The maximum Gasteiger partial charge on any atom is 0.0737 e. The topological polar surface area (TPSA) is 24.9 Å². The van der Waals surface area contributed by atoms with Gasteiger partial charge >= 0.3 is 0 Å². The minimum absolute atomic E-state index is 0.677. The lowest BCUT2D eigenvalue weighted by Crippen LogP contribution is -2.04. The Hall–Kier alpha value is -0.390. The number of benzene rings is 1. The lowest BCUT2D eigenvalue weighted by molar-refractivity contribution is 1.02. The molecule has 0 aliphatic rings. The smallest absolute Gasteiger partial charge is 0.0737 e. The predicted octanol–water partition coefficient (Wildman–Crippen LogP) is 5.60. The van der Waals surface area contributed by atoms with Crippen LogP contribution in [0, 0.1) is 13.8 Å². The lowest BCUT2D eigenvalue weighted by Gasteiger charge is -2.13. The van der Waals surface area contributed by atoms with Crippen molar-refractivity contribution < 1.29 is 0 Å². The van der Waals surface area contributed by atoms with E-state index in [4.69, 9.17) is 0 Å². The Bertz CT molecular complexity index is 589. The van der Waals surface area contributed by atoms with Gasteiger partial charge in [0, 0.05) is 19.6 Å². The Morgan fingerprint density at radius 1 is 1.05 bits per heavy atom. The van der Waals surface area contributed by atoms with Crippen LogP contribution in [0.5, 0.6) is 0 Å². The van der Waals surface area contributed by atoms with Crippen LogP contribution < -0.4 is 5.32 Å². The summed E-state index contributed by atoms with van der Waals surface area (Å²) in [6, 6.07) is 6.28. The molecule has 0 bridgehead atoms. The van der Waals surface area contributed by atoms with E-state index in [2.05, 4.69) is 84.1 Å². The molecule has 1 aromatic heterocycles. The zero-order chi connectivity index (χ0) is 14.0. The second-order valence-corrected chi connectivity index (χ2v) is 7.00. The van der Waals surface area contributed by atoms with E-state index in [1.807, 2.05) is 6.07 Å². The third-order valence-corrected chi connectivity index (χ3v) is 4.49. The van der Waals surface area contributed by atoms with Crippen LogP contribution >= 0.6 is 47.8 Å². The van der Waals surface area contributed by atoms with Crippen molar-refractivity contribution in [2.24, 2.45) is 0 Å². The minimum Gasteiger partial charge on any atom is -0.378 e. The van der Waals surface area contributed by atoms with Crippen LogP contribution in [0.2, 0.25) is 0 Å². The average molecular weight is 449 g/mol. The van der Waals surface area contributed by atoms with Crippen LogP contribution in [0.25, 0.3) is 0 Å². The van der Waals surface area contributed by atoms with E-state index >= 15 is 0 Å². The monoisotopic (exact) mass is 446 g/mol. The highest BCUT2D eigenvalue weighted by atomic mass is 79.9. The second kappa shape index (κ2) is 6.37. The van der Waals surface area contributed by atoms with E-state index in [-0.39, 0.29) is 0 Å². The molecule has 1 aromatic carbocycles. The molecule has 0 saturated carbocycles. The van der Waals surface area contributed by atoms with Gasteiger partial charge in [-0.15, -0.1) is 0 Å². The van der Waals surface area contributed by atoms with E-state index in [9.17, 15) is 0 Å². The van der Waals surface area contributed by atoms with Crippen molar-refractivity contribution in [1.29, 1.82) is 0 Å². The Balaban J connectivity index is 2.19. The van der Waals surface area contributed by atoms with Crippen molar-refractivity contribution in [3.63, 3.8) is 0 Å². The standard InChI is InChI=1S/C14H13Br3N2/c1-8-3-9(2)14(12(17)4-8)19-7-13-11(16)5-10(15)6-18-13/h3-6,19H,7H2,1-2H3. The molecule has 0 saturated heterocycles. The first-order valence-electron chi connectivity index (χ1n) is 5.78. The average Bonchev–Trinajstić information content (AvgIpc) is 2.30. The van der Waals surface area contributed by atoms with Gasteiger partial charge in [0.05, 0.1) is 17.9 Å². The van der Waals surface area contributed by atoms with Gasteiger partial charge in [-0.05, 0) is 84.9 Å². The molecule has 100 valence electrons. The lowest BCUT2D eigenvalue weighted by atomic mass is 10.1. The summed E-state index contributed by atoms with van der Waals surface area (Å²) in [5.41, 5.74) is 4.57. The number of nitrogens with one attached hydrogen (secondary N) is 1. The molecule has 0 atom stereocenters. The van der Waals surface area contributed by atoms with E-state index in [0.29, 0.717) is 6.54 Å². The summed E-state index contributed by atoms with van der Waals surface area (Å²) in [7, 11) is 0. The second-order valence-electron chi connectivity index (χ2n) is 4.37. The molecule has 0 aliphatic heterocycles. The summed E-state index contributed by atoms with van der Waals surface area (Å²) in [5, 5.41) is 3.43. The highest BCUT2D eigenvalue weighted by Crippen LogP contribution is 2.29. The summed E-state index contributed by atoms with van der Waals surface area (Å²) in [6.45, 7) is 4.87. The molecule has 1 heterocycles. The van der Waals surface area contributed by atoms with Crippen molar-refractivity contribution >= 4 is 53.5 Å². The number of halogens is 3. The third kappa shape index (κ3) is 3.80. The summed E-state index contributed by atoms with van der Waals surface area (Å²) in [5.74, 6) is 0. The van der Waals surface area contributed by atoms with Crippen LogP contribution in [0.1, 0.15) is 16.8 Å². The van der Waals surface area contributed by atoms with Crippen molar-refractivity contribution in [2.45, 2.75) is 20.4 Å². The molecule has 2 nitrogen and oxygen atoms in total. The molecule has 5 heteroatoms. The third-order valence-electron chi connectivity index (χ3n) is 2.75. The van der Waals surface area contributed by atoms with Crippen LogP contribution in [0.4, 0.5) is 5.69 Å². The quantitative estimate of drug-likeness (QED) is 0.661. The summed E-state index contributed by atoms with van der Waals surface area (Å²) < 4.78 is 3.05. The van der Waals surface area contributed by atoms with Gasteiger partial charge in [-0.2, -0.15) is 0 Å². The fraction of sp³-hybridized carbons (Fsp3) is 0.214. The van der Waals surface area contributed by atoms with Gasteiger partial charge in [0.25, 0.3) is 0 Å². The summed E-state index contributed by atoms with van der Waals surface area (Å²) in [6.07, 6.45) is 1.80. The first-order valence-corrected chi connectivity index (χ1v) is 8.16. The van der Waals surface area contributed by atoms with Crippen LogP contribution in [-0.4, -0.2) is 4.98 Å². The SMILES string of the molecule is Cc1cc(C)c(NCc2ncc(Br)cc2Br)c(Br)c1. The number of anilines is 1. The summed E-state index contributed by atoms with van der Waals surface area (Å²) in [4.78, 5) is 4.40. The zero-order valence-corrected chi connectivity index (χ0v) is 15.4. The number of hydrogen-bond acceptors (Lipinski definition) is 2. The number of pyridine rings is 1. The van der Waals surface area contributed by atoms with Gasteiger partial charge in [-0.25, -0.2) is 0 Å². The van der Waals surface area contributed by atoms with Crippen LogP contribution in [-0.2, 0) is 6.54 Å². The van der Waals surface area contributed by atoms with Crippen LogP contribution in [0.3, 0.4) is 0 Å². The Morgan fingerprint density at radius 2 is 1.79 bits per heavy atom.